The van der Waals surface area contributed by atoms with Crippen molar-refractivity contribution in [2.45, 2.75) is 25.8 Å². The highest BCUT2D eigenvalue weighted by atomic mass is 16.2. The number of imide groups is 1. The first-order valence-electron chi connectivity index (χ1n) is 7.10. The molecular weight excluding hydrogens is 266 g/mol. The summed E-state index contributed by atoms with van der Waals surface area (Å²) in [4.78, 5) is 29.7. The molecule has 0 radical (unpaired) electrons. The fraction of sp³-hybridized carbons (Fsp3) is 0.312. The zero-order chi connectivity index (χ0) is 14.8. The van der Waals surface area contributed by atoms with Gasteiger partial charge in [-0.3, -0.25) is 14.5 Å². The molecular formula is C16H17N3O2. The van der Waals surface area contributed by atoms with Crippen LogP contribution in [0.1, 0.15) is 41.9 Å². The van der Waals surface area contributed by atoms with Gasteiger partial charge in [0.15, 0.2) is 0 Å². The number of carbonyl (C=O) groups excluding carboxylic acids is 2. The number of carbonyl (C=O) groups is 2. The largest absolute Gasteiger partial charge is 0.319 e. The molecule has 0 unspecified atom stereocenters. The van der Waals surface area contributed by atoms with Gasteiger partial charge in [0.1, 0.15) is 5.69 Å². The van der Waals surface area contributed by atoms with Crippen LogP contribution in [0.15, 0.2) is 42.9 Å². The number of benzene rings is 1. The number of hydrogen-bond acceptors (Lipinski definition) is 3. The molecule has 0 N–H and O–H groups in total. The van der Waals surface area contributed by atoms with Crippen LogP contribution in [0.25, 0.3) is 0 Å². The van der Waals surface area contributed by atoms with Crippen molar-refractivity contribution in [1.29, 1.82) is 0 Å². The molecule has 1 aromatic heterocycles. The van der Waals surface area contributed by atoms with E-state index in [0.717, 1.165) is 12.0 Å². The van der Waals surface area contributed by atoms with Gasteiger partial charge in [-0.1, -0.05) is 30.3 Å². The predicted molar refractivity (Wildman–Crippen MR) is 77.8 cm³/mol. The van der Waals surface area contributed by atoms with Crippen LogP contribution < -0.4 is 0 Å². The summed E-state index contributed by atoms with van der Waals surface area (Å²) in [5, 5.41) is 0. The van der Waals surface area contributed by atoms with Gasteiger partial charge >= 0.3 is 0 Å². The second-order valence-electron chi connectivity index (χ2n) is 5.23. The lowest BCUT2D eigenvalue weighted by Gasteiger charge is -2.19. The Balaban J connectivity index is 1.90. The monoisotopic (exact) mass is 283 g/mol. The van der Waals surface area contributed by atoms with Crippen LogP contribution in [-0.4, -0.2) is 32.8 Å². The van der Waals surface area contributed by atoms with Gasteiger partial charge in [0, 0.05) is 13.0 Å². The fourth-order valence-corrected chi connectivity index (χ4v) is 2.67. The lowest BCUT2D eigenvalue weighted by atomic mass is 10.1. The van der Waals surface area contributed by atoms with Crippen LogP contribution in [-0.2, 0) is 4.79 Å². The molecule has 1 aliphatic rings. The van der Waals surface area contributed by atoms with Crippen LogP contribution >= 0.6 is 0 Å². The Morgan fingerprint density at radius 1 is 1.29 bits per heavy atom. The fourth-order valence-electron chi connectivity index (χ4n) is 2.67. The maximum Gasteiger partial charge on any atom is 0.278 e. The Morgan fingerprint density at radius 2 is 2.05 bits per heavy atom. The maximum atomic E-state index is 12.5. The quantitative estimate of drug-likeness (QED) is 0.812. The summed E-state index contributed by atoms with van der Waals surface area (Å²) < 4.78 is 1.82. The molecule has 1 aliphatic heterocycles. The van der Waals surface area contributed by atoms with Gasteiger partial charge in [0.2, 0.25) is 5.91 Å². The molecule has 5 heteroatoms. The summed E-state index contributed by atoms with van der Waals surface area (Å²) in [6.07, 6.45) is 4.37. The minimum Gasteiger partial charge on any atom is -0.319 e. The van der Waals surface area contributed by atoms with Crippen molar-refractivity contribution in [3.8, 4) is 0 Å². The number of amides is 2. The first-order chi connectivity index (χ1) is 10.2. The van der Waals surface area contributed by atoms with E-state index in [1.807, 2.05) is 41.8 Å². The molecule has 21 heavy (non-hydrogen) atoms. The smallest absolute Gasteiger partial charge is 0.278 e. The van der Waals surface area contributed by atoms with Gasteiger partial charge in [-0.2, -0.15) is 0 Å². The van der Waals surface area contributed by atoms with E-state index in [1.165, 1.54) is 11.1 Å². The van der Waals surface area contributed by atoms with Gasteiger partial charge in [-0.05, 0) is 18.9 Å². The topological polar surface area (TPSA) is 55.2 Å². The average Bonchev–Trinajstić information content (AvgIpc) is 3.15. The number of imidazole rings is 1. The van der Waals surface area contributed by atoms with Crippen LogP contribution in [0.3, 0.4) is 0 Å². The average molecular weight is 283 g/mol. The van der Waals surface area contributed by atoms with Gasteiger partial charge in [0.05, 0.1) is 18.6 Å². The lowest BCUT2D eigenvalue weighted by molar-refractivity contribution is -0.125. The molecule has 0 bridgehead atoms. The molecule has 1 saturated heterocycles. The van der Waals surface area contributed by atoms with Crippen molar-refractivity contribution in [2.24, 2.45) is 0 Å². The Morgan fingerprint density at radius 3 is 2.71 bits per heavy atom. The summed E-state index contributed by atoms with van der Waals surface area (Å²) >= 11 is 0. The van der Waals surface area contributed by atoms with Gasteiger partial charge < -0.3 is 4.57 Å². The van der Waals surface area contributed by atoms with Gasteiger partial charge in [0.25, 0.3) is 5.91 Å². The van der Waals surface area contributed by atoms with E-state index in [2.05, 4.69) is 4.98 Å². The van der Waals surface area contributed by atoms with E-state index in [4.69, 9.17) is 0 Å². The summed E-state index contributed by atoms with van der Waals surface area (Å²) in [7, 11) is 0. The Bertz CT molecular complexity index is 663. The first-order valence-corrected chi connectivity index (χ1v) is 7.10. The highest BCUT2D eigenvalue weighted by molar-refractivity contribution is 6.04. The first kappa shape index (κ1) is 13.5. The zero-order valence-electron chi connectivity index (χ0n) is 11.9. The maximum absolute atomic E-state index is 12.5. The van der Waals surface area contributed by atoms with E-state index in [0.29, 0.717) is 18.7 Å². The minimum absolute atomic E-state index is 0.00893. The highest BCUT2D eigenvalue weighted by Crippen LogP contribution is 2.21. The number of aromatic nitrogens is 2. The molecule has 0 saturated carbocycles. The third-order valence-electron chi connectivity index (χ3n) is 3.90. The van der Waals surface area contributed by atoms with E-state index in [9.17, 15) is 9.59 Å². The third kappa shape index (κ3) is 2.46. The van der Waals surface area contributed by atoms with Crippen molar-refractivity contribution in [2.75, 3.05) is 6.54 Å². The van der Waals surface area contributed by atoms with E-state index >= 15 is 0 Å². The summed E-state index contributed by atoms with van der Waals surface area (Å²) in [6.45, 7) is 2.52. The lowest BCUT2D eigenvalue weighted by Crippen LogP contribution is -2.33. The van der Waals surface area contributed by atoms with Crippen molar-refractivity contribution in [3.05, 3.63) is 54.1 Å². The highest BCUT2D eigenvalue weighted by Gasteiger charge is 2.30. The summed E-state index contributed by atoms with van der Waals surface area (Å²) in [5.74, 6) is -0.349. The van der Waals surface area contributed by atoms with Crippen molar-refractivity contribution < 1.29 is 9.59 Å². The molecule has 0 aliphatic carbocycles. The normalized spacial score (nSPS) is 16.2. The second kappa shape index (κ2) is 5.52. The molecule has 2 amide bonds. The standard InChI is InChI=1S/C16H17N3O2/c1-12(13-6-3-2-4-7-13)19-11-17-10-14(19)16(21)18-9-5-8-15(18)20/h2-4,6-7,10-12H,5,8-9H2,1H3/t12-/m1/s1. The molecule has 108 valence electrons. The van der Waals surface area contributed by atoms with Crippen LogP contribution in [0, 0.1) is 0 Å². The van der Waals surface area contributed by atoms with Crippen LogP contribution in [0.5, 0.6) is 0 Å². The van der Waals surface area contributed by atoms with E-state index in [1.54, 1.807) is 6.33 Å². The SMILES string of the molecule is C[C@H](c1ccccc1)n1cncc1C(=O)N1CCCC1=O. The Labute approximate surface area is 123 Å². The minimum atomic E-state index is -0.252. The number of rotatable bonds is 3. The van der Waals surface area contributed by atoms with Gasteiger partial charge in [-0.25, -0.2) is 4.98 Å². The molecule has 5 nitrogen and oxygen atoms in total. The number of nitrogens with zero attached hydrogens (tertiary/aromatic N) is 3. The molecule has 2 heterocycles. The van der Waals surface area contributed by atoms with Crippen LogP contribution in [0.2, 0.25) is 0 Å². The number of likely N-dealkylation sites (tertiary alicyclic amines) is 1. The summed E-state index contributed by atoms with van der Waals surface area (Å²) in [6, 6.07) is 9.91. The molecule has 0 spiro atoms. The van der Waals surface area contributed by atoms with Gasteiger partial charge in [-0.15, -0.1) is 0 Å². The van der Waals surface area contributed by atoms with Crippen molar-refractivity contribution in [1.82, 2.24) is 14.5 Å². The van der Waals surface area contributed by atoms with Crippen molar-refractivity contribution >= 4 is 11.8 Å². The third-order valence-corrected chi connectivity index (χ3v) is 3.90. The predicted octanol–water partition coefficient (Wildman–Crippen LogP) is 2.25. The van der Waals surface area contributed by atoms with E-state index < -0.39 is 0 Å². The van der Waals surface area contributed by atoms with Crippen molar-refractivity contribution in [3.63, 3.8) is 0 Å². The molecule has 2 aromatic rings. The number of hydrogen-bond donors (Lipinski definition) is 0. The molecule has 1 atom stereocenters. The second-order valence-corrected chi connectivity index (χ2v) is 5.23. The molecule has 1 fully saturated rings. The zero-order valence-corrected chi connectivity index (χ0v) is 11.9. The Hall–Kier alpha value is -2.43. The molecule has 3 rings (SSSR count). The Kier molecular flexibility index (Phi) is 3.56. The summed E-state index contributed by atoms with van der Waals surface area (Å²) in [5.41, 5.74) is 1.55. The van der Waals surface area contributed by atoms with Crippen LogP contribution in [0.4, 0.5) is 0 Å². The molecule has 1 aromatic carbocycles. The van der Waals surface area contributed by atoms with E-state index in [-0.39, 0.29) is 17.9 Å².